The molecule has 0 saturated heterocycles. The van der Waals surface area contributed by atoms with Crippen LogP contribution in [0.2, 0.25) is 0 Å². The Hall–Kier alpha value is -0.600. The number of hydrogen-bond donors (Lipinski definition) is 0. The molecule has 0 bridgehead atoms. The van der Waals surface area contributed by atoms with Crippen LogP contribution in [0.1, 0.15) is 41.7 Å². The molecule has 0 spiro atoms. The van der Waals surface area contributed by atoms with E-state index in [1.54, 1.807) is 11.1 Å². The fourth-order valence-corrected chi connectivity index (χ4v) is 4.69. The molecular formula is C14H16S2. The molecule has 0 aromatic carbocycles. The van der Waals surface area contributed by atoms with Crippen molar-refractivity contribution in [2.24, 2.45) is 0 Å². The molecule has 0 amide bonds. The fraction of sp³-hybridized carbons (Fsp3) is 0.429. The molecule has 0 N–H and O–H groups in total. The molecule has 1 aliphatic carbocycles. The summed E-state index contributed by atoms with van der Waals surface area (Å²) in [6.45, 7) is 9.11. The third-order valence-electron chi connectivity index (χ3n) is 3.07. The van der Waals surface area contributed by atoms with E-state index in [1.165, 1.54) is 19.5 Å². The fourth-order valence-electron chi connectivity index (χ4n) is 2.22. The lowest BCUT2D eigenvalue weighted by Gasteiger charge is -2.15. The number of hydrogen-bond acceptors (Lipinski definition) is 2. The van der Waals surface area contributed by atoms with Crippen molar-refractivity contribution in [1.29, 1.82) is 0 Å². The molecule has 84 valence electrons. The van der Waals surface area contributed by atoms with Gasteiger partial charge in [0.2, 0.25) is 0 Å². The first-order chi connectivity index (χ1) is 7.45. The molecule has 0 saturated carbocycles. The maximum Gasteiger partial charge on any atom is 0.0484 e. The third-order valence-corrected chi connectivity index (χ3v) is 5.93. The number of thiophene rings is 2. The Balaban J connectivity index is 2.13. The van der Waals surface area contributed by atoms with E-state index in [0.717, 1.165) is 6.42 Å². The third kappa shape index (κ3) is 1.47. The van der Waals surface area contributed by atoms with E-state index in [9.17, 15) is 0 Å². The SMILES string of the molecule is Cc1cc2c(s1)-c1sc(C(C)(C)C)cc1C2. The van der Waals surface area contributed by atoms with Crippen LogP contribution in [0.5, 0.6) is 0 Å². The van der Waals surface area contributed by atoms with Crippen molar-refractivity contribution in [3.63, 3.8) is 0 Å². The summed E-state index contributed by atoms with van der Waals surface area (Å²) in [5.41, 5.74) is 3.39. The van der Waals surface area contributed by atoms with Gasteiger partial charge in [-0.25, -0.2) is 0 Å². The van der Waals surface area contributed by atoms with Crippen molar-refractivity contribution in [3.05, 3.63) is 33.0 Å². The molecular weight excluding hydrogens is 232 g/mol. The lowest BCUT2D eigenvalue weighted by atomic mass is 9.94. The monoisotopic (exact) mass is 248 g/mol. The first-order valence-corrected chi connectivity index (χ1v) is 7.31. The molecule has 2 aromatic heterocycles. The van der Waals surface area contributed by atoms with Crippen LogP contribution in [0.15, 0.2) is 12.1 Å². The number of rotatable bonds is 0. The molecule has 3 rings (SSSR count). The van der Waals surface area contributed by atoms with Crippen molar-refractivity contribution >= 4 is 22.7 Å². The maximum atomic E-state index is 2.42. The molecule has 0 nitrogen and oxygen atoms in total. The van der Waals surface area contributed by atoms with Gasteiger partial charge in [0.25, 0.3) is 0 Å². The second-order valence-corrected chi connectivity index (χ2v) is 7.91. The molecule has 0 radical (unpaired) electrons. The Morgan fingerprint density at radius 3 is 2.31 bits per heavy atom. The van der Waals surface area contributed by atoms with E-state index in [-0.39, 0.29) is 0 Å². The van der Waals surface area contributed by atoms with Crippen LogP contribution in [-0.2, 0) is 11.8 Å². The molecule has 0 fully saturated rings. The lowest BCUT2D eigenvalue weighted by molar-refractivity contribution is 0.603. The number of aryl methyl sites for hydroxylation is 1. The zero-order chi connectivity index (χ0) is 11.5. The van der Waals surface area contributed by atoms with Crippen LogP contribution in [-0.4, -0.2) is 0 Å². The van der Waals surface area contributed by atoms with Gasteiger partial charge in [-0.05, 0) is 35.6 Å². The van der Waals surface area contributed by atoms with Gasteiger partial charge in [-0.1, -0.05) is 20.8 Å². The van der Waals surface area contributed by atoms with Gasteiger partial charge in [-0.3, -0.25) is 0 Å². The molecule has 2 aromatic rings. The van der Waals surface area contributed by atoms with E-state index in [2.05, 4.69) is 39.8 Å². The standard InChI is InChI=1S/C14H16S2/c1-8-5-9-6-10-7-11(14(2,3)4)16-13(10)12(9)15-8/h5,7H,6H2,1-4H3. The Labute approximate surface area is 105 Å². The second-order valence-electron chi connectivity index (χ2n) is 5.60. The summed E-state index contributed by atoms with van der Waals surface area (Å²) in [5.74, 6) is 0. The summed E-state index contributed by atoms with van der Waals surface area (Å²) < 4.78 is 0. The summed E-state index contributed by atoms with van der Waals surface area (Å²) in [6.07, 6.45) is 1.15. The van der Waals surface area contributed by atoms with Gasteiger partial charge in [0, 0.05) is 25.9 Å². The van der Waals surface area contributed by atoms with Crippen LogP contribution in [0, 0.1) is 6.92 Å². The molecule has 2 heteroatoms. The van der Waals surface area contributed by atoms with E-state index in [0.29, 0.717) is 5.41 Å². The zero-order valence-electron chi connectivity index (χ0n) is 10.2. The highest BCUT2D eigenvalue weighted by Gasteiger charge is 2.27. The van der Waals surface area contributed by atoms with Crippen LogP contribution in [0.4, 0.5) is 0 Å². The van der Waals surface area contributed by atoms with Crippen molar-refractivity contribution < 1.29 is 0 Å². The minimum absolute atomic E-state index is 0.293. The average Bonchev–Trinajstić information content (AvgIpc) is 2.72. The Bertz CT molecular complexity index is 550. The highest BCUT2D eigenvalue weighted by molar-refractivity contribution is 7.22. The molecule has 0 unspecified atom stereocenters. The first kappa shape index (κ1) is 10.5. The van der Waals surface area contributed by atoms with Gasteiger partial charge in [0.1, 0.15) is 0 Å². The Morgan fingerprint density at radius 2 is 1.62 bits per heavy atom. The highest BCUT2D eigenvalue weighted by Crippen LogP contribution is 2.48. The topological polar surface area (TPSA) is 0 Å². The Morgan fingerprint density at radius 1 is 1.00 bits per heavy atom. The summed E-state index contributed by atoms with van der Waals surface area (Å²) in [6, 6.07) is 4.77. The van der Waals surface area contributed by atoms with E-state index in [4.69, 9.17) is 0 Å². The van der Waals surface area contributed by atoms with Gasteiger partial charge >= 0.3 is 0 Å². The van der Waals surface area contributed by atoms with Crippen molar-refractivity contribution in [1.82, 2.24) is 0 Å². The summed E-state index contributed by atoms with van der Waals surface area (Å²) in [4.78, 5) is 6.04. The van der Waals surface area contributed by atoms with Gasteiger partial charge in [0.05, 0.1) is 0 Å². The van der Waals surface area contributed by atoms with Gasteiger partial charge in [0.15, 0.2) is 0 Å². The van der Waals surface area contributed by atoms with E-state index in [1.807, 2.05) is 22.7 Å². The lowest BCUT2D eigenvalue weighted by Crippen LogP contribution is -2.08. The molecule has 1 aliphatic rings. The van der Waals surface area contributed by atoms with E-state index >= 15 is 0 Å². The normalized spacial score (nSPS) is 14.0. The van der Waals surface area contributed by atoms with Gasteiger partial charge in [-0.2, -0.15) is 0 Å². The van der Waals surface area contributed by atoms with Gasteiger partial charge in [-0.15, -0.1) is 22.7 Å². The van der Waals surface area contributed by atoms with Crippen LogP contribution in [0.25, 0.3) is 9.75 Å². The minimum atomic E-state index is 0.293. The smallest absolute Gasteiger partial charge is 0.0484 e. The minimum Gasteiger partial charge on any atom is -0.139 e. The van der Waals surface area contributed by atoms with Crippen LogP contribution >= 0.6 is 22.7 Å². The van der Waals surface area contributed by atoms with Crippen molar-refractivity contribution in [2.75, 3.05) is 0 Å². The summed E-state index contributed by atoms with van der Waals surface area (Å²) >= 11 is 3.95. The molecule has 0 aliphatic heterocycles. The van der Waals surface area contributed by atoms with Crippen molar-refractivity contribution in [2.45, 2.75) is 39.5 Å². The predicted octanol–water partition coefficient (Wildman–Crippen LogP) is 4.99. The van der Waals surface area contributed by atoms with Crippen molar-refractivity contribution in [3.8, 4) is 9.75 Å². The first-order valence-electron chi connectivity index (χ1n) is 5.68. The maximum absolute atomic E-state index is 2.42. The second kappa shape index (κ2) is 3.21. The Kier molecular flexibility index (Phi) is 2.11. The predicted molar refractivity (Wildman–Crippen MR) is 73.9 cm³/mol. The van der Waals surface area contributed by atoms with Crippen LogP contribution in [0.3, 0.4) is 0 Å². The average molecular weight is 248 g/mol. The number of fused-ring (bicyclic) bond motifs is 3. The summed E-state index contributed by atoms with van der Waals surface area (Å²) in [7, 11) is 0. The van der Waals surface area contributed by atoms with E-state index < -0.39 is 0 Å². The molecule has 0 atom stereocenters. The quantitative estimate of drug-likeness (QED) is 0.526. The highest BCUT2D eigenvalue weighted by atomic mass is 32.1. The zero-order valence-corrected chi connectivity index (χ0v) is 11.8. The largest absolute Gasteiger partial charge is 0.139 e. The summed E-state index contributed by atoms with van der Waals surface area (Å²) in [5, 5.41) is 0. The molecule has 2 heterocycles. The van der Waals surface area contributed by atoms with Crippen LogP contribution < -0.4 is 0 Å². The molecule has 16 heavy (non-hydrogen) atoms. The van der Waals surface area contributed by atoms with Gasteiger partial charge < -0.3 is 0 Å².